The summed E-state index contributed by atoms with van der Waals surface area (Å²) in [5.74, 6) is -0.659. The molecule has 0 saturated carbocycles. The number of benzene rings is 2. The molecule has 28 heavy (non-hydrogen) atoms. The van der Waals surface area contributed by atoms with Gasteiger partial charge in [0.05, 0.1) is 17.5 Å². The molecule has 0 aliphatic carbocycles. The number of hydrogen-bond donors (Lipinski definition) is 2. The van der Waals surface area contributed by atoms with Gasteiger partial charge in [-0.1, -0.05) is 30.3 Å². The van der Waals surface area contributed by atoms with Gasteiger partial charge in [0.25, 0.3) is 5.91 Å². The number of carbonyl (C=O) groups is 2. The molecule has 0 bridgehead atoms. The minimum atomic E-state index is -0.777. The lowest BCUT2D eigenvalue weighted by Gasteiger charge is -2.07. The number of nitrogens with one attached hydrogen (secondary N) is 2. The number of para-hydroxylation sites is 3. The molecule has 4 aromatic rings. The predicted octanol–water partition coefficient (Wildman–Crippen LogP) is 1.68. The Labute approximate surface area is 158 Å². The number of hydrazine groups is 1. The molecule has 0 aliphatic heterocycles. The van der Waals surface area contributed by atoms with Crippen molar-refractivity contribution in [2.24, 2.45) is 7.05 Å². The van der Waals surface area contributed by atoms with Gasteiger partial charge < -0.3 is 8.98 Å². The number of hydrogen-bond acceptors (Lipinski definition) is 5. The van der Waals surface area contributed by atoms with Crippen LogP contribution in [-0.4, -0.2) is 21.4 Å². The first-order valence-electron chi connectivity index (χ1n) is 8.55. The van der Waals surface area contributed by atoms with E-state index in [4.69, 9.17) is 4.42 Å². The van der Waals surface area contributed by atoms with Crippen LogP contribution in [0, 0.1) is 0 Å². The van der Waals surface area contributed by atoms with Crippen molar-refractivity contribution in [2.45, 2.75) is 6.42 Å². The van der Waals surface area contributed by atoms with Gasteiger partial charge in [-0.25, -0.2) is 9.78 Å². The molecule has 2 amide bonds. The van der Waals surface area contributed by atoms with E-state index >= 15 is 0 Å². The number of aryl methyl sites for hydroxylation is 1. The summed E-state index contributed by atoms with van der Waals surface area (Å²) in [7, 11) is 1.82. The molecule has 2 N–H and O–H groups in total. The number of nitrogens with zero attached hydrogens (tertiary/aromatic N) is 2. The highest BCUT2D eigenvalue weighted by Gasteiger charge is 2.16. The number of aromatic nitrogens is 2. The molecule has 0 spiro atoms. The molecule has 8 heteroatoms. The number of amides is 2. The summed E-state index contributed by atoms with van der Waals surface area (Å²) in [6.07, 6.45) is -0.0300. The van der Waals surface area contributed by atoms with Crippen LogP contribution >= 0.6 is 0 Å². The first kappa shape index (κ1) is 17.5. The molecular formula is C20H16N4O4. The van der Waals surface area contributed by atoms with Gasteiger partial charge in [0.1, 0.15) is 17.0 Å². The van der Waals surface area contributed by atoms with E-state index in [1.807, 2.05) is 35.9 Å². The zero-order chi connectivity index (χ0) is 19.7. The molecule has 0 atom stereocenters. The SMILES string of the molecule is Cn1c(CC(=O)NNC(=O)c2cc3ccccc3oc2=O)nc2ccccc21. The van der Waals surface area contributed by atoms with Crippen LogP contribution in [0.4, 0.5) is 0 Å². The van der Waals surface area contributed by atoms with Crippen LogP contribution in [0.1, 0.15) is 16.2 Å². The molecule has 8 nitrogen and oxygen atoms in total. The van der Waals surface area contributed by atoms with Crippen molar-refractivity contribution in [3.05, 3.63) is 76.4 Å². The van der Waals surface area contributed by atoms with Crippen molar-refractivity contribution in [1.29, 1.82) is 0 Å². The van der Waals surface area contributed by atoms with Crippen LogP contribution < -0.4 is 16.5 Å². The zero-order valence-electron chi connectivity index (χ0n) is 14.9. The molecule has 2 heterocycles. The molecular weight excluding hydrogens is 360 g/mol. The van der Waals surface area contributed by atoms with Crippen molar-refractivity contribution >= 4 is 33.8 Å². The topological polar surface area (TPSA) is 106 Å². The van der Waals surface area contributed by atoms with Crippen LogP contribution in [0.5, 0.6) is 0 Å². The molecule has 0 saturated heterocycles. The van der Waals surface area contributed by atoms with E-state index in [-0.39, 0.29) is 12.0 Å². The van der Waals surface area contributed by atoms with Crippen LogP contribution in [0.3, 0.4) is 0 Å². The van der Waals surface area contributed by atoms with E-state index in [0.29, 0.717) is 16.8 Å². The van der Waals surface area contributed by atoms with Crippen molar-refractivity contribution in [1.82, 2.24) is 20.4 Å². The number of imidazole rings is 1. The predicted molar refractivity (Wildman–Crippen MR) is 103 cm³/mol. The van der Waals surface area contributed by atoms with Gasteiger partial charge in [-0.2, -0.15) is 0 Å². The lowest BCUT2D eigenvalue weighted by atomic mass is 10.2. The van der Waals surface area contributed by atoms with Gasteiger partial charge in [-0.05, 0) is 24.3 Å². The summed E-state index contributed by atoms with van der Waals surface area (Å²) < 4.78 is 6.94. The number of rotatable bonds is 3. The number of carbonyl (C=O) groups excluding carboxylic acids is 2. The van der Waals surface area contributed by atoms with Crippen LogP contribution in [-0.2, 0) is 18.3 Å². The molecule has 2 aromatic heterocycles. The number of fused-ring (bicyclic) bond motifs is 2. The van der Waals surface area contributed by atoms with Crippen LogP contribution in [0.2, 0.25) is 0 Å². The second kappa shape index (κ2) is 6.99. The third-order valence-electron chi connectivity index (χ3n) is 4.40. The van der Waals surface area contributed by atoms with Crippen molar-refractivity contribution in [3.8, 4) is 0 Å². The van der Waals surface area contributed by atoms with E-state index in [2.05, 4.69) is 15.8 Å². The van der Waals surface area contributed by atoms with Gasteiger partial charge in [0.15, 0.2) is 0 Å². The maximum absolute atomic E-state index is 12.3. The Balaban J connectivity index is 1.46. The normalized spacial score (nSPS) is 10.9. The Morgan fingerprint density at radius 1 is 1.07 bits per heavy atom. The summed E-state index contributed by atoms with van der Waals surface area (Å²) in [4.78, 5) is 40.9. The minimum absolute atomic E-state index is 0.0300. The summed E-state index contributed by atoms with van der Waals surface area (Å²) in [6.45, 7) is 0. The highest BCUT2D eigenvalue weighted by atomic mass is 16.4. The van der Waals surface area contributed by atoms with Gasteiger partial charge in [0.2, 0.25) is 5.91 Å². The molecule has 0 fully saturated rings. The Morgan fingerprint density at radius 2 is 1.82 bits per heavy atom. The van der Waals surface area contributed by atoms with Crippen LogP contribution in [0.15, 0.2) is 63.8 Å². The maximum atomic E-state index is 12.3. The fraction of sp³-hybridized carbons (Fsp3) is 0.100. The first-order chi connectivity index (χ1) is 13.5. The third kappa shape index (κ3) is 3.23. The van der Waals surface area contributed by atoms with E-state index < -0.39 is 17.4 Å². The quantitative estimate of drug-likeness (QED) is 0.418. The highest BCUT2D eigenvalue weighted by molar-refractivity contribution is 5.97. The fourth-order valence-corrected chi connectivity index (χ4v) is 2.96. The van der Waals surface area contributed by atoms with E-state index in [1.54, 1.807) is 24.3 Å². The minimum Gasteiger partial charge on any atom is -0.422 e. The molecule has 2 aromatic carbocycles. The molecule has 0 unspecified atom stereocenters. The fourth-order valence-electron chi connectivity index (χ4n) is 2.96. The Kier molecular flexibility index (Phi) is 4.36. The summed E-state index contributed by atoms with van der Waals surface area (Å²) in [5, 5.41) is 0.610. The second-order valence-electron chi connectivity index (χ2n) is 6.24. The van der Waals surface area contributed by atoms with Crippen molar-refractivity contribution in [3.63, 3.8) is 0 Å². The molecule has 140 valence electrons. The van der Waals surface area contributed by atoms with Gasteiger partial charge in [-0.15, -0.1) is 0 Å². The zero-order valence-corrected chi connectivity index (χ0v) is 14.9. The molecule has 0 aliphatic rings. The maximum Gasteiger partial charge on any atom is 0.349 e. The molecule has 4 rings (SSSR count). The summed E-state index contributed by atoms with van der Waals surface area (Å²) in [5.41, 5.74) is 5.65. The molecule has 0 radical (unpaired) electrons. The van der Waals surface area contributed by atoms with Gasteiger partial charge in [0, 0.05) is 12.4 Å². The average molecular weight is 376 g/mol. The monoisotopic (exact) mass is 376 g/mol. The Hall–Kier alpha value is -3.94. The van der Waals surface area contributed by atoms with Crippen molar-refractivity contribution < 1.29 is 14.0 Å². The van der Waals surface area contributed by atoms with E-state index in [0.717, 1.165) is 11.0 Å². The lowest BCUT2D eigenvalue weighted by Crippen LogP contribution is -2.44. The van der Waals surface area contributed by atoms with E-state index in [9.17, 15) is 14.4 Å². The van der Waals surface area contributed by atoms with Gasteiger partial charge >= 0.3 is 5.63 Å². The average Bonchev–Trinajstić information content (AvgIpc) is 3.01. The summed E-state index contributed by atoms with van der Waals surface area (Å²) >= 11 is 0. The van der Waals surface area contributed by atoms with E-state index in [1.165, 1.54) is 6.07 Å². The first-order valence-corrected chi connectivity index (χ1v) is 8.55. The Bertz CT molecular complexity index is 1270. The van der Waals surface area contributed by atoms with Crippen LogP contribution in [0.25, 0.3) is 22.0 Å². The largest absolute Gasteiger partial charge is 0.422 e. The highest BCUT2D eigenvalue weighted by Crippen LogP contribution is 2.14. The van der Waals surface area contributed by atoms with Crippen molar-refractivity contribution in [2.75, 3.05) is 0 Å². The lowest BCUT2D eigenvalue weighted by molar-refractivity contribution is -0.121. The standard InChI is InChI=1S/C20H16N4O4/c1-24-15-8-4-3-7-14(15)21-17(24)11-18(25)22-23-19(26)13-10-12-6-2-5-9-16(12)28-20(13)27/h2-10H,11H2,1H3,(H,22,25)(H,23,26). The summed E-state index contributed by atoms with van der Waals surface area (Å²) in [6, 6.07) is 15.8. The smallest absolute Gasteiger partial charge is 0.349 e. The second-order valence-corrected chi connectivity index (χ2v) is 6.24. The van der Waals surface area contributed by atoms with Gasteiger partial charge in [-0.3, -0.25) is 20.4 Å². The Morgan fingerprint density at radius 3 is 2.64 bits per heavy atom. The third-order valence-corrected chi connectivity index (χ3v) is 4.40.